The van der Waals surface area contributed by atoms with Crippen LogP contribution >= 0.6 is 22.9 Å². The Labute approximate surface area is 204 Å². The minimum Gasteiger partial charge on any atom is -0.366 e. The number of rotatable bonds is 5. The Morgan fingerprint density at radius 1 is 1.24 bits per heavy atom. The third kappa shape index (κ3) is 4.08. The van der Waals surface area contributed by atoms with E-state index in [4.69, 9.17) is 22.1 Å². The number of carbonyl (C=O) groups excluding carboxylic acids is 3. The lowest BCUT2D eigenvalue weighted by atomic mass is 9.75. The highest BCUT2D eigenvalue weighted by Gasteiger charge is 2.53. The van der Waals surface area contributed by atoms with Gasteiger partial charge in [0, 0.05) is 23.1 Å². The maximum absolute atomic E-state index is 14.1. The van der Waals surface area contributed by atoms with Gasteiger partial charge in [-0.15, -0.1) is 22.9 Å². The number of aromatic nitrogens is 2. The van der Waals surface area contributed by atoms with Gasteiger partial charge in [-0.2, -0.15) is 5.10 Å². The molecule has 1 saturated carbocycles. The van der Waals surface area contributed by atoms with E-state index in [0.717, 1.165) is 43.4 Å². The summed E-state index contributed by atoms with van der Waals surface area (Å²) in [5.41, 5.74) is 6.47. The first-order valence-electron chi connectivity index (χ1n) is 11.4. The van der Waals surface area contributed by atoms with Crippen LogP contribution < -0.4 is 11.3 Å². The molecule has 11 heteroatoms. The van der Waals surface area contributed by atoms with Gasteiger partial charge in [-0.1, -0.05) is 19.3 Å². The number of fused-ring (bicyclic) bond motifs is 1. The summed E-state index contributed by atoms with van der Waals surface area (Å²) in [7, 11) is 0. The minimum absolute atomic E-state index is 0.00403. The van der Waals surface area contributed by atoms with Crippen LogP contribution in [-0.4, -0.2) is 63.4 Å². The second kappa shape index (κ2) is 9.24. The maximum atomic E-state index is 14.1. The summed E-state index contributed by atoms with van der Waals surface area (Å²) in [5.74, 6) is -1.64. The standard InChI is InChI=1S/C23H25ClN4O5S/c24-14-9-28(19-15(29)10-33-20(14)19)23(32)18(11-4-2-1-3-5-11)13-7-16(34-21(13)22(25)31)12-6-17(30)27-26-8-12/h6-8,11,14,18-20H,1-5,9-10H2,(H2,25,31)(H,27,30)/t14-,18-,19+,20+/m0/s1. The number of alkyl halides is 1. The molecule has 3 aliphatic rings. The number of ketones is 1. The highest BCUT2D eigenvalue weighted by atomic mass is 35.5. The van der Waals surface area contributed by atoms with E-state index in [1.165, 1.54) is 12.3 Å². The summed E-state index contributed by atoms with van der Waals surface area (Å²) >= 11 is 7.60. The zero-order chi connectivity index (χ0) is 24.0. The second-order valence-electron chi connectivity index (χ2n) is 9.16. The van der Waals surface area contributed by atoms with Crippen molar-refractivity contribution in [1.82, 2.24) is 15.1 Å². The van der Waals surface area contributed by atoms with Gasteiger partial charge in [-0.3, -0.25) is 19.2 Å². The number of nitrogens with zero attached hydrogens (tertiary/aromatic N) is 2. The smallest absolute Gasteiger partial charge is 0.264 e. The molecule has 5 rings (SSSR count). The van der Waals surface area contributed by atoms with E-state index in [-0.39, 0.29) is 41.2 Å². The molecule has 34 heavy (non-hydrogen) atoms. The number of nitrogens with one attached hydrogen (secondary N) is 1. The number of Topliss-reactive ketones (excluding diaryl/α,β-unsaturated/α-hetero) is 1. The van der Waals surface area contributed by atoms with E-state index in [9.17, 15) is 19.2 Å². The van der Waals surface area contributed by atoms with E-state index in [1.54, 1.807) is 11.0 Å². The fraction of sp³-hybridized carbons (Fsp3) is 0.522. The lowest BCUT2D eigenvalue weighted by Gasteiger charge is -2.34. The largest absolute Gasteiger partial charge is 0.366 e. The average molecular weight is 505 g/mol. The summed E-state index contributed by atoms with van der Waals surface area (Å²) in [4.78, 5) is 53.4. The van der Waals surface area contributed by atoms with Gasteiger partial charge in [0.05, 0.1) is 22.4 Å². The molecule has 1 aliphatic carbocycles. The van der Waals surface area contributed by atoms with E-state index < -0.39 is 29.3 Å². The van der Waals surface area contributed by atoms with Crippen LogP contribution in [0.1, 0.15) is 53.3 Å². The normalized spacial score (nSPS) is 26.0. The van der Waals surface area contributed by atoms with E-state index >= 15 is 0 Å². The number of carbonyl (C=O) groups is 3. The summed E-state index contributed by atoms with van der Waals surface area (Å²) < 4.78 is 5.56. The topological polar surface area (TPSA) is 135 Å². The number of thiophene rings is 1. The van der Waals surface area contributed by atoms with E-state index in [2.05, 4.69) is 10.2 Å². The van der Waals surface area contributed by atoms with Gasteiger partial charge in [0.15, 0.2) is 5.78 Å². The van der Waals surface area contributed by atoms with Crippen LogP contribution in [0.25, 0.3) is 10.4 Å². The van der Waals surface area contributed by atoms with Crippen LogP contribution in [-0.2, 0) is 14.3 Å². The van der Waals surface area contributed by atoms with Crippen molar-refractivity contribution in [2.75, 3.05) is 13.2 Å². The van der Waals surface area contributed by atoms with E-state index in [1.807, 2.05) is 0 Å². The van der Waals surface area contributed by atoms with Crippen molar-refractivity contribution in [2.24, 2.45) is 11.7 Å². The molecular weight excluding hydrogens is 480 g/mol. The molecule has 2 amide bonds. The Morgan fingerprint density at radius 3 is 2.71 bits per heavy atom. The molecular formula is C23H25ClN4O5S. The Balaban J connectivity index is 1.59. The fourth-order valence-electron chi connectivity index (χ4n) is 5.54. The molecule has 9 nitrogen and oxygen atoms in total. The van der Waals surface area contributed by atoms with Crippen molar-refractivity contribution in [3.8, 4) is 10.4 Å². The molecule has 4 atom stereocenters. The highest BCUT2D eigenvalue weighted by Crippen LogP contribution is 2.44. The van der Waals surface area contributed by atoms with Gasteiger partial charge in [0.1, 0.15) is 18.8 Å². The molecule has 3 N–H and O–H groups in total. The molecule has 4 heterocycles. The van der Waals surface area contributed by atoms with Gasteiger partial charge in [0.25, 0.3) is 11.5 Å². The van der Waals surface area contributed by atoms with Gasteiger partial charge < -0.3 is 15.4 Å². The number of nitrogens with two attached hydrogens (primary N) is 1. The zero-order valence-corrected chi connectivity index (χ0v) is 19.9. The predicted octanol–water partition coefficient (Wildman–Crippen LogP) is 2.05. The fourth-order valence-corrected chi connectivity index (χ4v) is 6.94. The SMILES string of the molecule is NC(=O)c1sc(-c2cn[nH]c(=O)c2)cc1[C@@H](C(=O)N1C[C@H](Cl)[C@H]2OCC(=O)[C@H]21)C1CCCCC1. The molecule has 2 aromatic heterocycles. The monoisotopic (exact) mass is 504 g/mol. The molecule has 3 fully saturated rings. The number of hydrogen-bond acceptors (Lipinski definition) is 7. The highest BCUT2D eigenvalue weighted by molar-refractivity contribution is 7.17. The quantitative estimate of drug-likeness (QED) is 0.598. The first-order valence-corrected chi connectivity index (χ1v) is 12.7. The molecule has 0 aromatic carbocycles. The number of ether oxygens (including phenoxy) is 1. The van der Waals surface area contributed by atoms with Crippen LogP contribution in [0.4, 0.5) is 0 Å². The molecule has 0 bridgehead atoms. The molecule has 2 saturated heterocycles. The Kier molecular flexibility index (Phi) is 6.30. The van der Waals surface area contributed by atoms with Gasteiger partial charge in [-0.05, 0) is 30.4 Å². The molecule has 0 spiro atoms. The second-order valence-corrected chi connectivity index (χ2v) is 10.8. The number of H-pyrrole nitrogens is 1. The third-order valence-electron chi connectivity index (χ3n) is 7.06. The number of likely N-dealkylation sites (tertiary alicyclic amines) is 1. The van der Waals surface area contributed by atoms with Gasteiger partial charge in [-0.25, -0.2) is 5.10 Å². The van der Waals surface area contributed by atoms with Crippen LogP contribution in [0.15, 0.2) is 23.1 Å². The number of primary amides is 1. The molecule has 2 aliphatic heterocycles. The summed E-state index contributed by atoms with van der Waals surface area (Å²) in [6, 6.07) is 2.47. The van der Waals surface area contributed by atoms with Gasteiger partial charge in [0.2, 0.25) is 5.91 Å². The van der Waals surface area contributed by atoms with Crippen LogP contribution in [0.5, 0.6) is 0 Å². The van der Waals surface area contributed by atoms with Gasteiger partial charge >= 0.3 is 0 Å². The van der Waals surface area contributed by atoms with Crippen LogP contribution in [0, 0.1) is 5.92 Å². The van der Waals surface area contributed by atoms with Crippen molar-refractivity contribution >= 4 is 40.5 Å². The number of hydrogen-bond donors (Lipinski definition) is 2. The lowest BCUT2D eigenvalue weighted by Crippen LogP contribution is -2.46. The molecule has 0 radical (unpaired) electrons. The van der Waals surface area contributed by atoms with Crippen molar-refractivity contribution in [3.05, 3.63) is 39.1 Å². The Morgan fingerprint density at radius 2 is 2.00 bits per heavy atom. The third-order valence-corrected chi connectivity index (χ3v) is 8.66. The number of aromatic amines is 1. The lowest BCUT2D eigenvalue weighted by molar-refractivity contribution is -0.139. The molecule has 180 valence electrons. The van der Waals surface area contributed by atoms with Crippen molar-refractivity contribution in [3.63, 3.8) is 0 Å². The number of halogens is 1. The summed E-state index contributed by atoms with van der Waals surface area (Å²) in [6.45, 7) is 0.159. The van der Waals surface area contributed by atoms with Crippen molar-refractivity contribution < 1.29 is 19.1 Å². The molecule has 2 aromatic rings. The average Bonchev–Trinajstić information content (AvgIpc) is 3.51. The first kappa shape index (κ1) is 23.2. The predicted molar refractivity (Wildman–Crippen MR) is 126 cm³/mol. The van der Waals surface area contributed by atoms with E-state index in [0.29, 0.717) is 16.0 Å². The Bertz CT molecular complexity index is 1190. The minimum atomic E-state index is -0.701. The van der Waals surface area contributed by atoms with Crippen LogP contribution in [0.2, 0.25) is 0 Å². The zero-order valence-electron chi connectivity index (χ0n) is 18.4. The first-order chi connectivity index (χ1) is 16.3. The summed E-state index contributed by atoms with van der Waals surface area (Å²) in [5, 5.41) is 5.71. The maximum Gasteiger partial charge on any atom is 0.264 e. The Hall–Kier alpha value is -2.56. The molecule has 0 unspecified atom stereocenters. The van der Waals surface area contributed by atoms with Crippen LogP contribution in [0.3, 0.4) is 0 Å². The van der Waals surface area contributed by atoms with Crippen molar-refractivity contribution in [2.45, 2.75) is 55.5 Å². The number of amides is 2. The van der Waals surface area contributed by atoms with Crippen molar-refractivity contribution in [1.29, 1.82) is 0 Å². The summed E-state index contributed by atoms with van der Waals surface area (Å²) in [6.07, 6.45) is 5.73.